The van der Waals surface area contributed by atoms with Gasteiger partial charge in [0, 0.05) is 17.8 Å². The van der Waals surface area contributed by atoms with Gasteiger partial charge in [-0.25, -0.2) is 4.98 Å². The highest BCUT2D eigenvalue weighted by atomic mass is 16.2. The van der Waals surface area contributed by atoms with Gasteiger partial charge in [0.25, 0.3) is 5.56 Å². The van der Waals surface area contributed by atoms with Crippen molar-refractivity contribution in [2.45, 2.75) is 58.0 Å². The van der Waals surface area contributed by atoms with Gasteiger partial charge in [0.2, 0.25) is 11.9 Å². The van der Waals surface area contributed by atoms with Gasteiger partial charge in [0.15, 0.2) is 0 Å². The van der Waals surface area contributed by atoms with Gasteiger partial charge >= 0.3 is 0 Å². The Morgan fingerprint density at radius 1 is 1.42 bits per heavy atom. The molecule has 1 aliphatic carbocycles. The summed E-state index contributed by atoms with van der Waals surface area (Å²) < 4.78 is 2.07. The Morgan fingerprint density at radius 2 is 2.23 bits per heavy atom. The number of rotatable bonds is 2. The molecule has 4 rings (SSSR count). The molecule has 26 heavy (non-hydrogen) atoms. The van der Waals surface area contributed by atoms with Crippen LogP contribution in [0, 0.1) is 5.41 Å². The predicted molar refractivity (Wildman–Crippen MR) is 98.0 cm³/mol. The molecule has 1 aliphatic heterocycles. The Morgan fingerprint density at radius 3 is 2.92 bits per heavy atom. The number of carbonyl (C=O) groups is 1. The summed E-state index contributed by atoms with van der Waals surface area (Å²) in [4.78, 5) is 36.4. The maximum Gasteiger partial charge on any atom is 0.257 e. The second-order valence-electron chi connectivity index (χ2n) is 8.30. The fourth-order valence-electron chi connectivity index (χ4n) is 3.96. The van der Waals surface area contributed by atoms with Crippen LogP contribution in [-0.2, 0) is 10.5 Å². The third-order valence-electron chi connectivity index (χ3n) is 5.35. The molecule has 2 atom stereocenters. The van der Waals surface area contributed by atoms with Gasteiger partial charge in [-0.1, -0.05) is 20.8 Å². The van der Waals surface area contributed by atoms with Crippen molar-refractivity contribution < 1.29 is 4.79 Å². The molecule has 0 radical (unpaired) electrons. The van der Waals surface area contributed by atoms with Crippen LogP contribution in [0.25, 0.3) is 0 Å². The Bertz CT molecular complexity index is 895. The minimum Gasteiger partial charge on any atom is -0.347 e. The van der Waals surface area contributed by atoms with Crippen LogP contribution in [-0.4, -0.2) is 25.4 Å². The number of aromatic amines is 1. The first kappa shape index (κ1) is 16.8. The topological polar surface area (TPSA) is 105 Å². The lowest BCUT2D eigenvalue weighted by Gasteiger charge is -2.46. The zero-order valence-electron chi connectivity index (χ0n) is 15.3. The minimum absolute atomic E-state index is 0.144. The summed E-state index contributed by atoms with van der Waals surface area (Å²) in [6, 6.07) is 0. The normalized spacial score (nSPS) is 24.5. The molecule has 0 aromatic carbocycles. The largest absolute Gasteiger partial charge is 0.347 e. The number of carbonyl (C=O) groups excluding carboxylic acids is 1. The summed E-state index contributed by atoms with van der Waals surface area (Å²) in [5.74, 6) is 0.691. The van der Waals surface area contributed by atoms with E-state index in [9.17, 15) is 9.59 Å². The van der Waals surface area contributed by atoms with Gasteiger partial charge in [-0.05, 0) is 31.6 Å². The summed E-state index contributed by atoms with van der Waals surface area (Å²) in [5, 5.41) is 6.20. The van der Waals surface area contributed by atoms with Gasteiger partial charge in [0.05, 0.1) is 11.9 Å². The molecule has 138 valence electrons. The van der Waals surface area contributed by atoms with Gasteiger partial charge in [-0.3, -0.25) is 19.9 Å². The van der Waals surface area contributed by atoms with Crippen molar-refractivity contribution in [3.05, 3.63) is 34.6 Å². The van der Waals surface area contributed by atoms with Crippen LogP contribution in [0.15, 0.2) is 23.5 Å². The maximum absolute atomic E-state index is 12.7. The number of imidazole rings is 1. The van der Waals surface area contributed by atoms with Crippen LogP contribution < -0.4 is 16.2 Å². The number of nitrogens with zero attached hydrogens (tertiary/aromatic N) is 3. The summed E-state index contributed by atoms with van der Waals surface area (Å²) in [7, 11) is 0. The SMILES string of the molecule is CC(C)(C)C(=O)Nc1nc2c(c(=O)[nH]1)[C@@H]1CCC[C@@](n3ccnc3)(C1)N2. The molecule has 0 unspecified atom stereocenters. The maximum atomic E-state index is 12.7. The lowest BCUT2D eigenvalue weighted by Crippen LogP contribution is -2.49. The molecule has 0 spiro atoms. The monoisotopic (exact) mass is 356 g/mol. The quantitative estimate of drug-likeness (QED) is 0.766. The van der Waals surface area contributed by atoms with E-state index >= 15 is 0 Å². The van der Waals surface area contributed by atoms with E-state index in [0.717, 1.165) is 25.7 Å². The van der Waals surface area contributed by atoms with E-state index in [1.54, 1.807) is 12.5 Å². The number of hydrogen-bond acceptors (Lipinski definition) is 5. The smallest absolute Gasteiger partial charge is 0.257 e. The molecular weight excluding hydrogens is 332 g/mol. The molecule has 1 saturated carbocycles. The predicted octanol–water partition coefficient (Wildman–Crippen LogP) is 2.39. The number of aromatic nitrogens is 4. The Kier molecular flexibility index (Phi) is 3.68. The third-order valence-corrected chi connectivity index (χ3v) is 5.35. The zero-order valence-corrected chi connectivity index (χ0v) is 15.3. The molecular formula is C18H24N6O2. The highest BCUT2D eigenvalue weighted by molar-refractivity contribution is 5.93. The second kappa shape index (κ2) is 5.69. The average Bonchev–Trinajstić information content (AvgIpc) is 3.08. The van der Waals surface area contributed by atoms with Crippen molar-refractivity contribution in [2.75, 3.05) is 10.6 Å². The molecule has 2 bridgehead atoms. The van der Waals surface area contributed by atoms with Crippen LogP contribution in [0.1, 0.15) is 57.9 Å². The summed E-state index contributed by atoms with van der Waals surface area (Å²) >= 11 is 0. The molecule has 1 fully saturated rings. The van der Waals surface area contributed by atoms with Crippen molar-refractivity contribution in [3.63, 3.8) is 0 Å². The summed E-state index contributed by atoms with van der Waals surface area (Å²) in [6.45, 7) is 5.45. The molecule has 2 aliphatic rings. The first-order chi connectivity index (χ1) is 12.3. The first-order valence-corrected chi connectivity index (χ1v) is 9.01. The standard InChI is InChI=1S/C18H24N6O2/c1-17(2,3)15(26)22-16-20-13-12(14(25)21-16)11-5-4-6-18(9-11,23-13)24-8-7-19-10-24/h7-8,10-11H,4-6,9H2,1-3H3,(H3,20,21,22,23,25,26)/t11-,18-/m1/s1. The molecule has 2 aromatic heterocycles. The van der Waals surface area contributed by atoms with Gasteiger partial charge < -0.3 is 9.88 Å². The van der Waals surface area contributed by atoms with E-state index in [1.807, 2.05) is 27.0 Å². The molecule has 3 N–H and O–H groups in total. The second-order valence-corrected chi connectivity index (χ2v) is 8.30. The third kappa shape index (κ3) is 2.69. The molecule has 2 aromatic rings. The van der Waals surface area contributed by atoms with Crippen LogP contribution >= 0.6 is 0 Å². The van der Waals surface area contributed by atoms with E-state index in [4.69, 9.17) is 0 Å². The van der Waals surface area contributed by atoms with Crippen molar-refractivity contribution >= 4 is 17.7 Å². The van der Waals surface area contributed by atoms with Crippen LogP contribution in [0.5, 0.6) is 0 Å². The van der Waals surface area contributed by atoms with Crippen molar-refractivity contribution in [1.82, 2.24) is 19.5 Å². The molecule has 0 saturated heterocycles. The molecule has 8 nitrogen and oxygen atoms in total. The highest BCUT2D eigenvalue weighted by Crippen LogP contribution is 2.47. The number of nitrogens with one attached hydrogen (secondary N) is 3. The minimum atomic E-state index is -0.573. The summed E-state index contributed by atoms with van der Waals surface area (Å²) in [5.41, 5.74) is -0.387. The number of hydrogen-bond donors (Lipinski definition) is 3. The van der Waals surface area contributed by atoms with Crippen molar-refractivity contribution in [3.8, 4) is 0 Å². The first-order valence-electron chi connectivity index (χ1n) is 9.01. The van der Waals surface area contributed by atoms with E-state index < -0.39 is 5.41 Å². The summed E-state index contributed by atoms with van der Waals surface area (Å²) in [6.07, 6.45) is 9.26. The Hall–Kier alpha value is -2.64. The zero-order chi connectivity index (χ0) is 18.5. The number of fused-ring (bicyclic) bond motifs is 4. The van der Waals surface area contributed by atoms with E-state index in [1.165, 1.54) is 0 Å². The van der Waals surface area contributed by atoms with E-state index in [2.05, 4.69) is 30.2 Å². The van der Waals surface area contributed by atoms with Gasteiger partial charge in [-0.2, -0.15) is 4.98 Å². The van der Waals surface area contributed by atoms with Gasteiger partial charge in [-0.15, -0.1) is 0 Å². The van der Waals surface area contributed by atoms with Crippen LogP contribution in [0.4, 0.5) is 11.8 Å². The Labute approximate surface area is 151 Å². The highest BCUT2D eigenvalue weighted by Gasteiger charge is 2.45. The van der Waals surface area contributed by atoms with Crippen molar-refractivity contribution in [1.29, 1.82) is 0 Å². The number of anilines is 2. The number of H-pyrrole nitrogens is 1. The lowest BCUT2D eigenvalue weighted by molar-refractivity contribution is -0.123. The Balaban J connectivity index is 1.74. The molecule has 3 heterocycles. The average molecular weight is 356 g/mol. The van der Waals surface area contributed by atoms with E-state index in [-0.39, 0.29) is 29.0 Å². The number of amides is 1. The fourth-order valence-corrected chi connectivity index (χ4v) is 3.96. The van der Waals surface area contributed by atoms with Gasteiger partial charge in [0.1, 0.15) is 11.5 Å². The molecule has 8 heteroatoms. The van der Waals surface area contributed by atoms with E-state index in [0.29, 0.717) is 11.4 Å². The van der Waals surface area contributed by atoms with Crippen LogP contribution in [0.2, 0.25) is 0 Å². The van der Waals surface area contributed by atoms with Crippen LogP contribution in [0.3, 0.4) is 0 Å². The molecule has 1 amide bonds. The van der Waals surface area contributed by atoms with Crippen molar-refractivity contribution in [2.24, 2.45) is 5.41 Å². The lowest BCUT2D eigenvalue weighted by atomic mass is 9.75. The fraction of sp³-hybridized carbons (Fsp3) is 0.556.